The van der Waals surface area contributed by atoms with Gasteiger partial charge in [0.2, 0.25) is 0 Å². The molecule has 1 aliphatic rings. The van der Waals surface area contributed by atoms with Crippen LogP contribution in [0.2, 0.25) is 0 Å². The molecule has 0 N–H and O–H groups in total. The molecule has 0 radical (unpaired) electrons. The van der Waals surface area contributed by atoms with Crippen LogP contribution < -0.4 is 0 Å². The highest BCUT2D eigenvalue weighted by molar-refractivity contribution is 9.10. The van der Waals surface area contributed by atoms with Crippen LogP contribution in [0.25, 0.3) is 0 Å². The van der Waals surface area contributed by atoms with Crippen LogP contribution in [0, 0.1) is 5.92 Å². The molecule has 102 valence electrons. The lowest BCUT2D eigenvalue weighted by atomic mass is 10.1. The predicted octanol–water partition coefficient (Wildman–Crippen LogP) is 4.30. The Bertz CT molecular complexity index is 592. The number of ether oxygens (including phenoxy) is 1. The molecule has 0 heterocycles. The molecule has 0 aliphatic heterocycles. The van der Waals surface area contributed by atoms with Crippen LogP contribution >= 0.6 is 15.9 Å². The zero-order chi connectivity index (χ0) is 13.9. The van der Waals surface area contributed by atoms with E-state index < -0.39 is 0 Å². The summed E-state index contributed by atoms with van der Waals surface area (Å²) in [5, 5.41) is 0. The van der Waals surface area contributed by atoms with Crippen LogP contribution in [0.3, 0.4) is 0 Å². The number of benzene rings is 2. The molecular formula is C17H15BrO2. The number of hydrogen-bond donors (Lipinski definition) is 0. The number of hydrogen-bond acceptors (Lipinski definition) is 2. The first-order valence-electron chi connectivity index (χ1n) is 6.70. The molecule has 0 saturated heterocycles. The van der Waals surface area contributed by atoms with Gasteiger partial charge in [-0.3, -0.25) is 4.79 Å². The van der Waals surface area contributed by atoms with Crippen molar-refractivity contribution in [2.75, 3.05) is 0 Å². The maximum Gasteiger partial charge on any atom is 0.309 e. The smallest absolute Gasteiger partial charge is 0.309 e. The zero-order valence-electron chi connectivity index (χ0n) is 11.0. The fourth-order valence-electron chi connectivity index (χ4n) is 2.37. The molecule has 2 atom stereocenters. The van der Waals surface area contributed by atoms with Crippen molar-refractivity contribution in [2.24, 2.45) is 5.92 Å². The summed E-state index contributed by atoms with van der Waals surface area (Å²) in [6.07, 6.45) is 0.898. The van der Waals surface area contributed by atoms with Crippen molar-refractivity contribution in [1.29, 1.82) is 0 Å². The first-order chi connectivity index (χ1) is 9.74. The number of carbonyl (C=O) groups excluding carboxylic acids is 1. The Hall–Kier alpha value is -1.61. The van der Waals surface area contributed by atoms with Gasteiger partial charge in [-0.1, -0.05) is 58.4 Å². The molecule has 0 unspecified atom stereocenters. The molecule has 2 aromatic rings. The topological polar surface area (TPSA) is 26.3 Å². The van der Waals surface area contributed by atoms with Crippen molar-refractivity contribution in [3.63, 3.8) is 0 Å². The van der Waals surface area contributed by atoms with Crippen LogP contribution in [0.1, 0.15) is 23.5 Å². The Balaban J connectivity index is 1.54. The lowest BCUT2D eigenvalue weighted by Crippen LogP contribution is -2.07. The fourth-order valence-corrected chi connectivity index (χ4v) is 2.63. The van der Waals surface area contributed by atoms with Crippen molar-refractivity contribution in [3.05, 3.63) is 70.2 Å². The minimum Gasteiger partial charge on any atom is -0.461 e. The van der Waals surface area contributed by atoms with Crippen molar-refractivity contribution in [3.8, 4) is 0 Å². The van der Waals surface area contributed by atoms with Crippen LogP contribution in [0.15, 0.2) is 59.1 Å². The summed E-state index contributed by atoms with van der Waals surface area (Å²) >= 11 is 3.42. The third-order valence-corrected chi connectivity index (χ3v) is 4.14. The molecule has 0 bridgehead atoms. The zero-order valence-corrected chi connectivity index (χ0v) is 12.5. The van der Waals surface area contributed by atoms with Gasteiger partial charge in [-0.15, -0.1) is 0 Å². The average Bonchev–Trinajstić information content (AvgIpc) is 3.27. The number of carbonyl (C=O) groups is 1. The normalized spacial score (nSPS) is 20.4. The van der Waals surface area contributed by atoms with Gasteiger partial charge in [0.1, 0.15) is 6.61 Å². The van der Waals surface area contributed by atoms with Crippen LogP contribution in [-0.4, -0.2) is 5.97 Å². The SMILES string of the molecule is O=C(OCc1ccccc1)[C@@H]1C[C@H]1c1ccc(Br)cc1. The second-order valence-electron chi connectivity index (χ2n) is 5.09. The highest BCUT2D eigenvalue weighted by Gasteiger charge is 2.45. The predicted molar refractivity (Wildman–Crippen MR) is 81.2 cm³/mol. The minimum absolute atomic E-state index is 0.0277. The fraction of sp³-hybridized carbons (Fsp3) is 0.235. The second kappa shape index (κ2) is 5.80. The van der Waals surface area contributed by atoms with Gasteiger partial charge in [-0.2, -0.15) is 0 Å². The van der Waals surface area contributed by atoms with E-state index in [0.717, 1.165) is 16.5 Å². The van der Waals surface area contributed by atoms with Gasteiger partial charge in [0.25, 0.3) is 0 Å². The van der Waals surface area contributed by atoms with Crippen molar-refractivity contribution < 1.29 is 9.53 Å². The average molecular weight is 331 g/mol. The van der Waals surface area contributed by atoms with Gasteiger partial charge in [0.05, 0.1) is 5.92 Å². The summed E-state index contributed by atoms with van der Waals surface area (Å²) in [5.74, 6) is 0.271. The molecule has 2 aromatic carbocycles. The number of rotatable bonds is 4. The highest BCUT2D eigenvalue weighted by Crippen LogP contribution is 2.48. The summed E-state index contributed by atoms with van der Waals surface area (Å²) in [6, 6.07) is 17.9. The minimum atomic E-state index is -0.0817. The van der Waals surface area contributed by atoms with E-state index in [9.17, 15) is 4.79 Å². The van der Waals surface area contributed by atoms with Crippen molar-refractivity contribution >= 4 is 21.9 Å². The van der Waals surface area contributed by atoms with Crippen LogP contribution in [-0.2, 0) is 16.1 Å². The van der Waals surface area contributed by atoms with E-state index >= 15 is 0 Å². The maximum atomic E-state index is 12.0. The molecule has 1 saturated carbocycles. The molecular weight excluding hydrogens is 316 g/mol. The number of halogens is 1. The van der Waals surface area contributed by atoms with Gasteiger partial charge in [0.15, 0.2) is 0 Å². The largest absolute Gasteiger partial charge is 0.461 e. The first kappa shape index (κ1) is 13.4. The molecule has 20 heavy (non-hydrogen) atoms. The first-order valence-corrected chi connectivity index (χ1v) is 7.49. The van der Waals surface area contributed by atoms with Crippen molar-refractivity contribution in [2.45, 2.75) is 18.9 Å². The van der Waals surface area contributed by atoms with E-state index in [1.807, 2.05) is 42.5 Å². The molecule has 2 nitrogen and oxygen atoms in total. The van der Waals surface area contributed by atoms with Gasteiger partial charge >= 0.3 is 5.97 Å². The lowest BCUT2D eigenvalue weighted by molar-refractivity contribution is -0.146. The van der Waals surface area contributed by atoms with E-state index in [1.54, 1.807) is 0 Å². The maximum absolute atomic E-state index is 12.0. The van der Waals surface area contributed by atoms with E-state index in [4.69, 9.17) is 4.74 Å². The third-order valence-electron chi connectivity index (χ3n) is 3.62. The van der Waals surface area contributed by atoms with Crippen LogP contribution in [0.5, 0.6) is 0 Å². The monoisotopic (exact) mass is 330 g/mol. The van der Waals surface area contributed by atoms with Gasteiger partial charge in [-0.05, 0) is 35.6 Å². The van der Waals surface area contributed by atoms with E-state index in [0.29, 0.717) is 12.5 Å². The summed E-state index contributed by atoms with van der Waals surface area (Å²) in [5.41, 5.74) is 2.25. The molecule has 3 heteroatoms. The van der Waals surface area contributed by atoms with Crippen molar-refractivity contribution in [1.82, 2.24) is 0 Å². The van der Waals surface area contributed by atoms with E-state index in [-0.39, 0.29) is 11.9 Å². The summed E-state index contributed by atoms with van der Waals surface area (Å²) in [6.45, 7) is 0.364. The Morgan fingerprint density at radius 2 is 1.80 bits per heavy atom. The van der Waals surface area contributed by atoms with Gasteiger partial charge in [0, 0.05) is 4.47 Å². The molecule has 1 aliphatic carbocycles. The summed E-state index contributed by atoms with van der Waals surface area (Å²) in [7, 11) is 0. The Kier molecular flexibility index (Phi) is 3.88. The summed E-state index contributed by atoms with van der Waals surface area (Å²) in [4.78, 5) is 12.0. The Labute approximate surface area is 126 Å². The standard InChI is InChI=1S/C17H15BrO2/c18-14-8-6-13(7-9-14)15-10-16(15)17(19)20-11-12-4-2-1-3-5-12/h1-9,15-16H,10-11H2/t15-,16+/m0/s1. The molecule has 0 spiro atoms. The second-order valence-corrected chi connectivity index (χ2v) is 6.01. The Morgan fingerprint density at radius 1 is 1.10 bits per heavy atom. The summed E-state index contributed by atoms with van der Waals surface area (Å²) < 4.78 is 6.44. The Morgan fingerprint density at radius 3 is 2.50 bits per heavy atom. The lowest BCUT2D eigenvalue weighted by Gasteiger charge is -2.05. The van der Waals surface area contributed by atoms with Crippen LogP contribution in [0.4, 0.5) is 0 Å². The molecule has 1 fully saturated rings. The van der Waals surface area contributed by atoms with Gasteiger partial charge < -0.3 is 4.74 Å². The quantitative estimate of drug-likeness (QED) is 0.781. The van der Waals surface area contributed by atoms with Gasteiger partial charge in [-0.25, -0.2) is 0 Å². The molecule has 0 amide bonds. The molecule has 3 rings (SSSR count). The molecule has 0 aromatic heterocycles. The highest BCUT2D eigenvalue weighted by atomic mass is 79.9. The third kappa shape index (κ3) is 3.10. The van der Waals surface area contributed by atoms with E-state index in [2.05, 4.69) is 28.1 Å². The van der Waals surface area contributed by atoms with E-state index in [1.165, 1.54) is 5.56 Å². The number of esters is 1.